The first-order valence-electron chi connectivity index (χ1n) is 9.31. The van der Waals surface area contributed by atoms with E-state index in [1.807, 2.05) is 35.2 Å². The molecule has 3 aromatic rings. The lowest BCUT2D eigenvalue weighted by molar-refractivity contribution is 0.0714. The Labute approximate surface area is 167 Å². The maximum Gasteiger partial charge on any atom is 0.256 e. The van der Waals surface area contributed by atoms with Crippen molar-refractivity contribution in [3.8, 4) is 11.3 Å². The van der Waals surface area contributed by atoms with Gasteiger partial charge in [-0.15, -0.1) is 0 Å². The van der Waals surface area contributed by atoms with Gasteiger partial charge in [0.15, 0.2) is 0 Å². The largest absolute Gasteiger partial charge is 0.349 e. The molecule has 1 saturated heterocycles. The molecule has 2 aromatic heterocycles. The Balaban J connectivity index is 1.34. The standard InChI is InChI=1S/C20H22N6OS/c21-16-6-8-26(9-7-16)19(27)15-11-22-20(23-12-15)24-13-17-10-18(25-28-17)14-4-2-1-3-5-14/h1-5,10-12,16H,6-9,13,21H2,(H,22,23,24). The zero-order chi connectivity index (χ0) is 19.3. The van der Waals surface area contributed by atoms with E-state index in [-0.39, 0.29) is 11.9 Å². The molecular weight excluding hydrogens is 372 g/mol. The van der Waals surface area contributed by atoms with Crippen LogP contribution in [0.25, 0.3) is 11.3 Å². The Bertz CT molecular complexity index is 919. The van der Waals surface area contributed by atoms with Crippen LogP contribution < -0.4 is 11.1 Å². The molecule has 1 amide bonds. The second-order valence-electron chi connectivity index (χ2n) is 6.82. The molecule has 3 N–H and O–H groups in total. The Kier molecular flexibility index (Phi) is 5.59. The summed E-state index contributed by atoms with van der Waals surface area (Å²) >= 11 is 1.45. The summed E-state index contributed by atoms with van der Waals surface area (Å²) in [5.41, 5.74) is 8.46. The summed E-state index contributed by atoms with van der Waals surface area (Å²) in [7, 11) is 0. The van der Waals surface area contributed by atoms with Gasteiger partial charge in [-0.05, 0) is 30.4 Å². The third-order valence-corrected chi connectivity index (χ3v) is 5.56. The van der Waals surface area contributed by atoms with Gasteiger partial charge in [0.05, 0.1) is 17.8 Å². The number of rotatable bonds is 5. The van der Waals surface area contributed by atoms with Crippen molar-refractivity contribution in [2.24, 2.45) is 5.73 Å². The van der Waals surface area contributed by atoms with Crippen LogP contribution in [0.3, 0.4) is 0 Å². The van der Waals surface area contributed by atoms with E-state index in [1.165, 1.54) is 11.5 Å². The minimum atomic E-state index is -0.0339. The van der Waals surface area contributed by atoms with Gasteiger partial charge in [-0.1, -0.05) is 30.3 Å². The van der Waals surface area contributed by atoms with Gasteiger partial charge < -0.3 is 16.0 Å². The predicted octanol–water partition coefficient (Wildman–Crippen LogP) is 2.78. The summed E-state index contributed by atoms with van der Waals surface area (Å²) in [6.07, 6.45) is 4.83. The molecule has 0 saturated carbocycles. The van der Waals surface area contributed by atoms with Gasteiger partial charge in [0.2, 0.25) is 5.95 Å². The lowest BCUT2D eigenvalue weighted by Gasteiger charge is -2.30. The van der Waals surface area contributed by atoms with E-state index in [1.54, 1.807) is 12.4 Å². The quantitative estimate of drug-likeness (QED) is 0.691. The normalized spacial score (nSPS) is 14.8. The number of hydrogen-bond acceptors (Lipinski definition) is 7. The summed E-state index contributed by atoms with van der Waals surface area (Å²) in [6.45, 7) is 1.96. The second kappa shape index (κ2) is 8.45. The second-order valence-corrected chi connectivity index (χ2v) is 7.71. The fourth-order valence-electron chi connectivity index (χ4n) is 3.12. The smallest absolute Gasteiger partial charge is 0.256 e. The van der Waals surface area contributed by atoms with Crippen molar-refractivity contribution < 1.29 is 4.79 Å². The average Bonchev–Trinajstić information content (AvgIpc) is 3.22. The van der Waals surface area contributed by atoms with Crippen LogP contribution in [0.1, 0.15) is 28.1 Å². The van der Waals surface area contributed by atoms with E-state index in [0.717, 1.165) is 29.0 Å². The molecule has 0 atom stereocenters. The Hall–Kier alpha value is -2.84. The summed E-state index contributed by atoms with van der Waals surface area (Å²) < 4.78 is 4.49. The number of aromatic nitrogens is 3. The number of likely N-dealkylation sites (tertiary alicyclic amines) is 1. The number of carbonyl (C=O) groups is 1. The van der Waals surface area contributed by atoms with Crippen molar-refractivity contribution in [3.63, 3.8) is 0 Å². The van der Waals surface area contributed by atoms with Crippen LogP contribution in [-0.2, 0) is 6.54 Å². The van der Waals surface area contributed by atoms with Crippen LogP contribution in [0.5, 0.6) is 0 Å². The predicted molar refractivity (Wildman–Crippen MR) is 110 cm³/mol. The van der Waals surface area contributed by atoms with Crippen molar-refractivity contribution in [1.82, 2.24) is 19.2 Å². The average molecular weight is 395 g/mol. The summed E-state index contributed by atoms with van der Waals surface area (Å²) in [6, 6.07) is 12.3. The molecule has 1 aliphatic heterocycles. The number of nitrogens with zero attached hydrogens (tertiary/aromatic N) is 4. The third kappa shape index (κ3) is 4.35. The van der Waals surface area contributed by atoms with Gasteiger partial charge in [0.25, 0.3) is 5.91 Å². The SMILES string of the molecule is NC1CCN(C(=O)c2cnc(NCc3cc(-c4ccccc4)ns3)nc2)CC1. The molecule has 0 radical (unpaired) electrons. The summed E-state index contributed by atoms with van der Waals surface area (Å²) in [5, 5.41) is 3.18. The number of hydrogen-bond donors (Lipinski definition) is 2. The molecule has 8 heteroatoms. The van der Waals surface area contributed by atoms with E-state index in [0.29, 0.717) is 31.1 Å². The molecule has 7 nitrogen and oxygen atoms in total. The van der Waals surface area contributed by atoms with E-state index in [2.05, 4.69) is 25.7 Å². The lowest BCUT2D eigenvalue weighted by atomic mass is 10.1. The van der Waals surface area contributed by atoms with Gasteiger partial charge in [-0.2, -0.15) is 4.37 Å². The molecule has 0 bridgehead atoms. The van der Waals surface area contributed by atoms with E-state index >= 15 is 0 Å². The van der Waals surface area contributed by atoms with Gasteiger partial charge in [-0.3, -0.25) is 4.79 Å². The van der Waals surface area contributed by atoms with Crippen molar-refractivity contribution in [1.29, 1.82) is 0 Å². The number of benzene rings is 1. The first-order valence-corrected chi connectivity index (χ1v) is 10.1. The molecular formula is C20H22N6OS. The molecule has 4 rings (SSSR count). The van der Waals surface area contributed by atoms with Crippen LogP contribution in [-0.4, -0.2) is 44.3 Å². The van der Waals surface area contributed by atoms with Crippen LogP contribution in [0.4, 0.5) is 5.95 Å². The molecule has 1 aromatic carbocycles. The lowest BCUT2D eigenvalue weighted by Crippen LogP contribution is -2.42. The third-order valence-electron chi connectivity index (χ3n) is 4.77. The first-order chi connectivity index (χ1) is 13.7. The fraction of sp³-hybridized carbons (Fsp3) is 0.300. The van der Waals surface area contributed by atoms with Crippen LogP contribution in [0.2, 0.25) is 0 Å². The van der Waals surface area contributed by atoms with Crippen molar-refractivity contribution in [3.05, 3.63) is 59.2 Å². The van der Waals surface area contributed by atoms with E-state index in [4.69, 9.17) is 5.73 Å². The Morgan fingerprint density at radius 1 is 1.18 bits per heavy atom. The number of nitrogens with one attached hydrogen (secondary N) is 1. The van der Waals surface area contributed by atoms with E-state index < -0.39 is 0 Å². The van der Waals surface area contributed by atoms with Crippen LogP contribution in [0, 0.1) is 0 Å². The molecule has 1 fully saturated rings. The summed E-state index contributed by atoms with van der Waals surface area (Å²) in [4.78, 5) is 24.0. The maximum atomic E-state index is 12.5. The molecule has 28 heavy (non-hydrogen) atoms. The van der Waals surface area contributed by atoms with Crippen molar-refractivity contribution in [2.45, 2.75) is 25.4 Å². The van der Waals surface area contributed by atoms with Gasteiger partial charge in [0, 0.05) is 42.0 Å². The highest BCUT2D eigenvalue weighted by Gasteiger charge is 2.22. The molecule has 3 heterocycles. The highest BCUT2D eigenvalue weighted by Crippen LogP contribution is 2.22. The highest BCUT2D eigenvalue weighted by molar-refractivity contribution is 7.06. The molecule has 0 aliphatic carbocycles. The number of nitrogens with two attached hydrogens (primary N) is 1. The maximum absolute atomic E-state index is 12.5. The number of piperidine rings is 1. The minimum Gasteiger partial charge on any atom is -0.349 e. The van der Waals surface area contributed by atoms with Gasteiger partial charge >= 0.3 is 0 Å². The number of amides is 1. The van der Waals surface area contributed by atoms with E-state index in [9.17, 15) is 4.79 Å². The number of carbonyl (C=O) groups excluding carboxylic acids is 1. The van der Waals surface area contributed by atoms with Crippen LogP contribution in [0.15, 0.2) is 48.8 Å². The van der Waals surface area contributed by atoms with Crippen molar-refractivity contribution >= 4 is 23.4 Å². The zero-order valence-electron chi connectivity index (χ0n) is 15.4. The Morgan fingerprint density at radius 2 is 1.89 bits per heavy atom. The first kappa shape index (κ1) is 18.5. The highest BCUT2D eigenvalue weighted by atomic mass is 32.1. The molecule has 0 spiro atoms. The van der Waals surface area contributed by atoms with Crippen LogP contribution >= 0.6 is 11.5 Å². The Morgan fingerprint density at radius 3 is 2.61 bits per heavy atom. The monoisotopic (exact) mass is 394 g/mol. The molecule has 0 unspecified atom stereocenters. The van der Waals surface area contributed by atoms with Crippen molar-refractivity contribution in [2.75, 3.05) is 18.4 Å². The van der Waals surface area contributed by atoms with Gasteiger partial charge in [0.1, 0.15) is 0 Å². The molecule has 144 valence electrons. The summed E-state index contributed by atoms with van der Waals surface area (Å²) in [5.74, 6) is 0.459. The zero-order valence-corrected chi connectivity index (χ0v) is 16.2. The van der Waals surface area contributed by atoms with Gasteiger partial charge in [-0.25, -0.2) is 9.97 Å². The molecule has 1 aliphatic rings. The topological polar surface area (TPSA) is 97.0 Å². The fourth-order valence-corrected chi connectivity index (χ4v) is 3.80. The minimum absolute atomic E-state index is 0.0339. The number of anilines is 1.